The zero-order valence-corrected chi connectivity index (χ0v) is 14.9. The summed E-state index contributed by atoms with van der Waals surface area (Å²) in [6.45, 7) is 2.01. The van der Waals surface area contributed by atoms with Gasteiger partial charge < -0.3 is 10.2 Å². The highest BCUT2D eigenvalue weighted by atomic mass is 35.5. The summed E-state index contributed by atoms with van der Waals surface area (Å²) < 4.78 is 0. The Morgan fingerprint density at radius 1 is 1.13 bits per heavy atom. The molecule has 1 N–H and O–H groups in total. The van der Waals surface area contributed by atoms with Gasteiger partial charge in [-0.25, -0.2) is 0 Å². The fraction of sp³-hybridized carbons (Fsp3) is 0.632. The average Bonchev–Trinajstić information content (AvgIpc) is 3.10. The van der Waals surface area contributed by atoms with E-state index in [0.717, 1.165) is 25.9 Å². The topological polar surface area (TPSA) is 32.3 Å². The summed E-state index contributed by atoms with van der Waals surface area (Å²) in [6, 6.07) is 11.3. The van der Waals surface area contributed by atoms with E-state index < -0.39 is 0 Å². The number of nitrogens with one attached hydrogen (secondary N) is 1. The maximum absolute atomic E-state index is 12.4. The molecule has 1 heterocycles. The van der Waals surface area contributed by atoms with Gasteiger partial charge in [0.05, 0.1) is 0 Å². The van der Waals surface area contributed by atoms with Gasteiger partial charge in [-0.1, -0.05) is 30.3 Å². The van der Waals surface area contributed by atoms with Crippen molar-refractivity contribution in [1.82, 2.24) is 10.2 Å². The van der Waals surface area contributed by atoms with Crippen molar-refractivity contribution in [3.8, 4) is 0 Å². The minimum atomic E-state index is 0. The molecular formula is C19H29ClN2O. The molecule has 1 aliphatic heterocycles. The number of rotatable bonds is 4. The Balaban J connectivity index is 0.00000192. The maximum atomic E-state index is 12.4. The van der Waals surface area contributed by atoms with Crippen molar-refractivity contribution in [2.24, 2.45) is 5.92 Å². The Labute approximate surface area is 146 Å². The van der Waals surface area contributed by atoms with Gasteiger partial charge in [-0.05, 0) is 56.0 Å². The van der Waals surface area contributed by atoms with Gasteiger partial charge in [-0.3, -0.25) is 4.79 Å². The van der Waals surface area contributed by atoms with Crippen molar-refractivity contribution in [2.45, 2.75) is 50.5 Å². The molecular weight excluding hydrogens is 308 g/mol. The quantitative estimate of drug-likeness (QED) is 0.911. The second-order valence-corrected chi connectivity index (χ2v) is 6.98. The Bertz CT molecular complexity index is 479. The fourth-order valence-corrected chi connectivity index (χ4v) is 3.99. The highest BCUT2D eigenvalue weighted by Crippen LogP contribution is 2.37. The van der Waals surface area contributed by atoms with E-state index >= 15 is 0 Å². The van der Waals surface area contributed by atoms with Gasteiger partial charge in [0.2, 0.25) is 5.91 Å². The lowest BCUT2D eigenvalue weighted by atomic mass is 9.77. The summed E-state index contributed by atoms with van der Waals surface area (Å²) in [5.74, 6) is 1.63. The summed E-state index contributed by atoms with van der Waals surface area (Å²) in [7, 11) is 1.98. The van der Waals surface area contributed by atoms with Gasteiger partial charge in [-0.15, -0.1) is 12.4 Å². The van der Waals surface area contributed by atoms with Crippen molar-refractivity contribution in [2.75, 3.05) is 20.1 Å². The second kappa shape index (κ2) is 8.70. The first-order valence-electron chi connectivity index (χ1n) is 8.75. The molecule has 0 radical (unpaired) electrons. The Morgan fingerprint density at radius 2 is 1.83 bits per heavy atom. The molecule has 3 nitrogen and oxygen atoms in total. The third kappa shape index (κ3) is 4.71. The SMILES string of the molecule is CN(C(=O)CC1CCC(c2ccccc2)CC1)C1CCNC1.Cl. The van der Waals surface area contributed by atoms with Crippen molar-refractivity contribution < 1.29 is 4.79 Å². The first-order chi connectivity index (χ1) is 10.7. The largest absolute Gasteiger partial charge is 0.341 e. The monoisotopic (exact) mass is 336 g/mol. The summed E-state index contributed by atoms with van der Waals surface area (Å²) in [5, 5.41) is 3.34. The average molecular weight is 337 g/mol. The van der Waals surface area contributed by atoms with E-state index in [9.17, 15) is 4.79 Å². The number of carbonyl (C=O) groups is 1. The van der Waals surface area contributed by atoms with E-state index in [-0.39, 0.29) is 12.4 Å². The summed E-state index contributed by atoms with van der Waals surface area (Å²) in [6.07, 6.45) is 6.70. The van der Waals surface area contributed by atoms with Gasteiger partial charge in [0.25, 0.3) is 0 Å². The van der Waals surface area contributed by atoms with Crippen molar-refractivity contribution in [1.29, 1.82) is 0 Å². The highest BCUT2D eigenvalue weighted by molar-refractivity contribution is 5.85. The molecule has 1 amide bonds. The first-order valence-corrected chi connectivity index (χ1v) is 8.75. The standard InChI is InChI=1S/C19H28N2O.ClH/c1-21(18-11-12-20-14-18)19(22)13-15-7-9-17(10-8-15)16-5-3-2-4-6-16;/h2-6,15,17-18,20H,7-14H2,1H3;1H. The van der Waals surface area contributed by atoms with Crippen LogP contribution in [0.25, 0.3) is 0 Å². The lowest BCUT2D eigenvalue weighted by molar-refractivity contribution is -0.132. The van der Waals surface area contributed by atoms with Crippen LogP contribution >= 0.6 is 12.4 Å². The number of hydrogen-bond donors (Lipinski definition) is 1. The molecule has 1 aromatic carbocycles. The van der Waals surface area contributed by atoms with Crippen molar-refractivity contribution in [3.05, 3.63) is 35.9 Å². The van der Waals surface area contributed by atoms with Crippen molar-refractivity contribution in [3.63, 3.8) is 0 Å². The van der Waals surface area contributed by atoms with Crippen LogP contribution in [0, 0.1) is 5.92 Å². The normalized spacial score (nSPS) is 27.3. The number of nitrogens with zero attached hydrogens (tertiary/aromatic N) is 1. The van der Waals surface area contributed by atoms with Crippen LogP contribution < -0.4 is 5.32 Å². The van der Waals surface area contributed by atoms with E-state index in [1.165, 1.54) is 31.2 Å². The van der Waals surface area contributed by atoms with Gasteiger partial charge >= 0.3 is 0 Å². The molecule has 2 fully saturated rings. The molecule has 0 bridgehead atoms. The van der Waals surface area contributed by atoms with E-state index in [2.05, 4.69) is 35.6 Å². The molecule has 128 valence electrons. The lowest BCUT2D eigenvalue weighted by Gasteiger charge is -2.31. The van der Waals surface area contributed by atoms with Crippen LogP contribution in [0.3, 0.4) is 0 Å². The number of benzene rings is 1. The van der Waals surface area contributed by atoms with Gasteiger partial charge in [0.15, 0.2) is 0 Å². The Morgan fingerprint density at radius 3 is 2.43 bits per heavy atom. The molecule has 1 unspecified atom stereocenters. The number of likely N-dealkylation sites (N-methyl/N-ethyl adjacent to an activating group) is 1. The molecule has 1 aromatic rings. The van der Waals surface area contributed by atoms with Crippen LogP contribution in [-0.4, -0.2) is 37.0 Å². The Hall–Kier alpha value is -1.06. The molecule has 23 heavy (non-hydrogen) atoms. The zero-order chi connectivity index (χ0) is 15.4. The molecule has 2 aliphatic rings. The number of amides is 1. The van der Waals surface area contributed by atoms with Crippen LogP contribution in [0.4, 0.5) is 0 Å². The van der Waals surface area contributed by atoms with Gasteiger partial charge in [-0.2, -0.15) is 0 Å². The highest BCUT2D eigenvalue weighted by Gasteiger charge is 2.28. The third-order valence-corrected chi connectivity index (χ3v) is 5.56. The zero-order valence-electron chi connectivity index (χ0n) is 14.0. The fourth-order valence-electron chi connectivity index (χ4n) is 3.99. The minimum Gasteiger partial charge on any atom is -0.341 e. The summed E-state index contributed by atoms with van der Waals surface area (Å²) >= 11 is 0. The van der Waals surface area contributed by atoms with Crippen molar-refractivity contribution >= 4 is 18.3 Å². The van der Waals surface area contributed by atoms with Crippen LogP contribution in [0.2, 0.25) is 0 Å². The summed E-state index contributed by atoms with van der Waals surface area (Å²) in [5.41, 5.74) is 1.47. The molecule has 0 aromatic heterocycles. The van der Waals surface area contributed by atoms with Crippen LogP contribution in [0.5, 0.6) is 0 Å². The molecule has 1 atom stereocenters. The van der Waals surface area contributed by atoms with E-state index in [4.69, 9.17) is 0 Å². The van der Waals surface area contributed by atoms with E-state index in [1.807, 2.05) is 11.9 Å². The first kappa shape index (κ1) is 18.3. The molecule has 1 saturated heterocycles. The van der Waals surface area contributed by atoms with E-state index in [1.54, 1.807) is 0 Å². The Kier molecular flexibility index (Phi) is 6.91. The smallest absolute Gasteiger partial charge is 0.222 e. The number of hydrogen-bond acceptors (Lipinski definition) is 2. The van der Waals surface area contributed by atoms with Crippen LogP contribution in [-0.2, 0) is 4.79 Å². The molecule has 0 spiro atoms. The predicted molar refractivity (Wildman–Crippen MR) is 97.1 cm³/mol. The maximum Gasteiger partial charge on any atom is 0.222 e. The van der Waals surface area contributed by atoms with E-state index in [0.29, 0.717) is 23.8 Å². The number of carbonyl (C=O) groups excluding carboxylic acids is 1. The summed E-state index contributed by atoms with van der Waals surface area (Å²) in [4.78, 5) is 14.4. The minimum absolute atomic E-state index is 0. The third-order valence-electron chi connectivity index (χ3n) is 5.56. The molecule has 3 rings (SSSR count). The van der Waals surface area contributed by atoms with Gasteiger partial charge in [0, 0.05) is 26.1 Å². The lowest BCUT2D eigenvalue weighted by Crippen LogP contribution is -2.39. The van der Waals surface area contributed by atoms with Crippen LogP contribution in [0.1, 0.15) is 50.0 Å². The molecule has 4 heteroatoms. The van der Waals surface area contributed by atoms with Gasteiger partial charge in [0.1, 0.15) is 0 Å². The predicted octanol–water partition coefficient (Wildman–Crippen LogP) is 3.59. The second-order valence-electron chi connectivity index (χ2n) is 6.98. The molecule has 1 aliphatic carbocycles. The van der Waals surface area contributed by atoms with Crippen LogP contribution in [0.15, 0.2) is 30.3 Å². The molecule has 1 saturated carbocycles. The number of halogens is 1.